The van der Waals surface area contributed by atoms with E-state index in [4.69, 9.17) is 0 Å². The Hall–Kier alpha value is -1.44. The van der Waals surface area contributed by atoms with Gasteiger partial charge in [-0.05, 0) is 25.8 Å². The molecule has 2 nitrogen and oxygen atoms in total. The summed E-state index contributed by atoms with van der Waals surface area (Å²) < 4.78 is 0. The van der Waals surface area contributed by atoms with Crippen molar-refractivity contribution in [1.29, 1.82) is 0 Å². The Balaban J connectivity index is 2.36. The number of hydrogen-bond donors (Lipinski definition) is 0. The van der Waals surface area contributed by atoms with Crippen LogP contribution in [0.3, 0.4) is 0 Å². The lowest BCUT2D eigenvalue weighted by Gasteiger charge is -2.28. The zero-order chi connectivity index (χ0) is 11.6. The Kier molecular flexibility index (Phi) is 2.90. The van der Waals surface area contributed by atoms with E-state index in [2.05, 4.69) is 55.0 Å². The molecule has 84 valence electrons. The van der Waals surface area contributed by atoms with Gasteiger partial charge in [0.15, 0.2) is 0 Å². The van der Waals surface area contributed by atoms with Crippen LogP contribution >= 0.6 is 0 Å². The third-order valence-corrected chi connectivity index (χ3v) is 3.16. The van der Waals surface area contributed by atoms with Crippen LogP contribution < -0.4 is 0 Å². The summed E-state index contributed by atoms with van der Waals surface area (Å²) in [7, 11) is 0. The molecule has 1 aromatic rings. The molecule has 2 heteroatoms. The first-order chi connectivity index (χ1) is 7.64. The van der Waals surface area contributed by atoms with Crippen molar-refractivity contribution in [1.82, 2.24) is 9.97 Å². The standard InChI is InChI=1S/C14H18N2/c1-4-12-8-13(16-10-15-12)14(3)7-5-6-11(2)9-14/h5-8,10H,4,9H2,1-3H3. The van der Waals surface area contributed by atoms with Gasteiger partial charge in [0.2, 0.25) is 0 Å². The van der Waals surface area contributed by atoms with E-state index in [1.54, 1.807) is 6.33 Å². The Morgan fingerprint density at radius 2 is 2.19 bits per heavy atom. The molecule has 0 saturated carbocycles. The maximum Gasteiger partial charge on any atom is 0.115 e. The van der Waals surface area contributed by atoms with Crippen LogP contribution in [0.15, 0.2) is 36.2 Å². The van der Waals surface area contributed by atoms with Crippen LogP contribution in [-0.4, -0.2) is 9.97 Å². The summed E-state index contributed by atoms with van der Waals surface area (Å²) in [4.78, 5) is 8.68. The van der Waals surface area contributed by atoms with Crippen LogP contribution in [0.5, 0.6) is 0 Å². The van der Waals surface area contributed by atoms with E-state index in [0.29, 0.717) is 0 Å². The van der Waals surface area contributed by atoms with Gasteiger partial charge in [-0.1, -0.05) is 37.6 Å². The van der Waals surface area contributed by atoms with Gasteiger partial charge < -0.3 is 0 Å². The van der Waals surface area contributed by atoms with Gasteiger partial charge in [0.25, 0.3) is 0 Å². The molecule has 1 aliphatic carbocycles. The van der Waals surface area contributed by atoms with Gasteiger partial charge in [0.1, 0.15) is 6.33 Å². The second kappa shape index (κ2) is 4.20. The minimum atomic E-state index is 0.0334. The third-order valence-electron chi connectivity index (χ3n) is 3.16. The largest absolute Gasteiger partial charge is 0.241 e. The smallest absolute Gasteiger partial charge is 0.115 e. The van der Waals surface area contributed by atoms with Gasteiger partial charge in [0, 0.05) is 11.1 Å². The molecule has 1 aromatic heterocycles. The highest BCUT2D eigenvalue weighted by Gasteiger charge is 2.27. The zero-order valence-electron chi connectivity index (χ0n) is 10.2. The Morgan fingerprint density at radius 1 is 1.38 bits per heavy atom. The van der Waals surface area contributed by atoms with Crippen LogP contribution in [0.1, 0.15) is 38.6 Å². The maximum absolute atomic E-state index is 4.43. The predicted molar refractivity (Wildman–Crippen MR) is 66.3 cm³/mol. The van der Waals surface area contributed by atoms with Gasteiger partial charge >= 0.3 is 0 Å². The SMILES string of the molecule is CCc1cc(C2(C)C=CC=C(C)C2)ncn1. The summed E-state index contributed by atoms with van der Waals surface area (Å²) >= 11 is 0. The van der Waals surface area contributed by atoms with Gasteiger partial charge in [-0.15, -0.1) is 0 Å². The lowest BCUT2D eigenvalue weighted by molar-refractivity contribution is 0.558. The molecule has 2 rings (SSSR count). The first-order valence-corrected chi connectivity index (χ1v) is 5.80. The van der Waals surface area contributed by atoms with Crippen LogP contribution in [0.2, 0.25) is 0 Å². The number of aryl methyl sites for hydroxylation is 1. The molecule has 0 aromatic carbocycles. The lowest BCUT2D eigenvalue weighted by atomic mass is 9.77. The number of nitrogens with zero attached hydrogens (tertiary/aromatic N) is 2. The molecule has 1 unspecified atom stereocenters. The first kappa shape index (κ1) is 11.1. The molecule has 0 fully saturated rings. The lowest BCUT2D eigenvalue weighted by Crippen LogP contribution is -2.23. The fourth-order valence-corrected chi connectivity index (χ4v) is 2.20. The molecule has 0 amide bonds. The summed E-state index contributed by atoms with van der Waals surface area (Å²) in [6.45, 7) is 6.53. The van der Waals surface area contributed by atoms with E-state index < -0.39 is 0 Å². The molecule has 16 heavy (non-hydrogen) atoms. The van der Waals surface area contributed by atoms with Crippen molar-refractivity contribution in [3.05, 3.63) is 47.6 Å². The fraction of sp³-hybridized carbons (Fsp3) is 0.429. The highest BCUT2D eigenvalue weighted by Crippen LogP contribution is 2.33. The normalized spacial score (nSPS) is 24.3. The Morgan fingerprint density at radius 3 is 2.88 bits per heavy atom. The summed E-state index contributed by atoms with van der Waals surface area (Å²) in [6, 6.07) is 2.13. The van der Waals surface area contributed by atoms with Crippen molar-refractivity contribution >= 4 is 0 Å². The third kappa shape index (κ3) is 2.06. The molecule has 1 heterocycles. The average Bonchev–Trinajstić information content (AvgIpc) is 2.29. The van der Waals surface area contributed by atoms with Crippen LogP contribution in [0.25, 0.3) is 0 Å². The Bertz CT molecular complexity index is 446. The monoisotopic (exact) mass is 214 g/mol. The highest BCUT2D eigenvalue weighted by atomic mass is 14.8. The number of allylic oxidation sites excluding steroid dienone is 4. The molecule has 1 atom stereocenters. The van der Waals surface area contributed by atoms with E-state index >= 15 is 0 Å². The summed E-state index contributed by atoms with van der Waals surface area (Å²) in [5.41, 5.74) is 3.68. The molecule has 1 aliphatic rings. The molecular formula is C14H18N2. The molecular weight excluding hydrogens is 196 g/mol. The Labute approximate surface area is 97.1 Å². The van der Waals surface area contributed by atoms with Gasteiger partial charge in [-0.2, -0.15) is 0 Å². The van der Waals surface area contributed by atoms with Gasteiger partial charge in [0.05, 0.1) is 5.69 Å². The van der Waals surface area contributed by atoms with Crippen LogP contribution in [-0.2, 0) is 11.8 Å². The minimum Gasteiger partial charge on any atom is -0.241 e. The fourth-order valence-electron chi connectivity index (χ4n) is 2.20. The van der Waals surface area contributed by atoms with Crippen molar-refractivity contribution in [2.75, 3.05) is 0 Å². The first-order valence-electron chi connectivity index (χ1n) is 5.80. The summed E-state index contributed by atoms with van der Waals surface area (Å²) in [5.74, 6) is 0. The second-order valence-corrected chi connectivity index (χ2v) is 4.71. The molecule has 0 N–H and O–H groups in total. The molecule has 0 aliphatic heterocycles. The quantitative estimate of drug-likeness (QED) is 0.755. The number of rotatable bonds is 2. The van der Waals surface area contributed by atoms with E-state index in [-0.39, 0.29) is 5.41 Å². The van der Waals surface area contributed by atoms with Gasteiger partial charge in [-0.3, -0.25) is 0 Å². The topological polar surface area (TPSA) is 25.8 Å². The second-order valence-electron chi connectivity index (χ2n) is 4.71. The highest BCUT2D eigenvalue weighted by molar-refractivity contribution is 5.33. The molecule has 0 spiro atoms. The van der Waals surface area contributed by atoms with Crippen LogP contribution in [0.4, 0.5) is 0 Å². The summed E-state index contributed by atoms with van der Waals surface area (Å²) in [6.07, 6.45) is 10.2. The van der Waals surface area contributed by atoms with Crippen molar-refractivity contribution in [3.8, 4) is 0 Å². The maximum atomic E-state index is 4.43. The van der Waals surface area contributed by atoms with Crippen molar-refractivity contribution in [2.24, 2.45) is 0 Å². The summed E-state index contributed by atoms with van der Waals surface area (Å²) in [5, 5.41) is 0. The molecule has 0 bridgehead atoms. The number of hydrogen-bond acceptors (Lipinski definition) is 2. The minimum absolute atomic E-state index is 0.0334. The van der Waals surface area contributed by atoms with E-state index in [1.165, 1.54) is 5.57 Å². The predicted octanol–water partition coefficient (Wildman–Crippen LogP) is 3.20. The van der Waals surface area contributed by atoms with Crippen molar-refractivity contribution in [3.63, 3.8) is 0 Å². The average molecular weight is 214 g/mol. The van der Waals surface area contributed by atoms with E-state index in [0.717, 1.165) is 24.2 Å². The van der Waals surface area contributed by atoms with Crippen LogP contribution in [0, 0.1) is 0 Å². The van der Waals surface area contributed by atoms with E-state index in [1.807, 2.05) is 0 Å². The molecule has 0 radical (unpaired) electrons. The van der Waals surface area contributed by atoms with Crippen molar-refractivity contribution < 1.29 is 0 Å². The zero-order valence-corrected chi connectivity index (χ0v) is 10.2. The van der Waals surface area contributed by atoms with Gasteiger partial charge in [-0.25, -0.2) is 9.97 Å². The molecule has 0 saturated heterocycles. The number of aromatic nitrogens is 2. The van der Waals surface area contributed by atoms with E-state index in [9.17, 15) is 0 Å². The van der Waals surface area contributed by atoms with Crippen molar-refractivity contribution in [2.45, 2.75) is 39.0 Å².